The summed E-state index contributed by atoms with van der Waals surface area (Å²) in [5, 5.41) is 9.15. The van der Waals surface area contributed by atoms with Gasteiger partial charge in [0.2, 0.25) is 5.82 Å². The molecule has 0 bridgehead atoms. The van der Waals surface area contributed by atoms with Crippen molar-refractivity contribution in [3.05, 3.63) is 76.4 Å². The van der Waals surface area contributed by atoms with Gasteiger partial charge >= 0.3 is 0 Å². The van der Waals surface area contributed by atoms with Gasteiger partial charge in [-0.05, 0) is 44.5 Å². The lowest BCUT2D eigenvalue weighted by molar-refractivity contribution is 0.407. The van der Waals surface area contributed by atoms with Crippen molar-refractivity contribution >= 4 is 0 Å². The first kappa shape index (κ1) is 28.0. The highest BCUT2D eigenvalue weighted by atomic mass is 19.2. The van der Waals surface area contributed by atoms with Crippen LogP contribution >= 0.6 is 0 Å². The zero-order valence-corrected chi connectivity index (χ0v) is 19.1. The zero-order valence-electron chi connectivity index (χ0n) is 19.1. The second kappa shape index (κ2) is 14.1. The van der Waals surface area contributed by atoms with Crippen LogP contribution in [0, 0.1) is 35.1 Å². The van der Waals surface area contributed by atoms with Crippen LogP contribution in [0.15, 0.2) is 47.6 Å². The maximum atomic E-state index is 14.4. The molecule has 2 aromatic carbocycles. The van der Waals surface area contributed by atoms with Crippen LogP contribution in [0.2, 0.25) is 0 Å². The standard InChI is InChI=1S/C22H18F4O.2C2H6/c1-4-14(6-5-13(2)3)7-8-15-9-10-16(20(24)19(15)23)17-11-12-18(27)22(26)21(17)25;2*1-2/h5-6,9-12,27H,4H2,1-3H3;2*1-2H3/b14-6+;;. The highest BCUT2D eigenvalue weighted by Gasteiger charge is 2.20. The molecular weight excluding hydrogens is 404 g/mol. The molecular formula is C26H30F4O. The van der Waals surface area contributed by atoms with E-state index in [-0.39, 0.29) is 5.56 Å². The van der Waals surface area contributed by atoms with Crippen LogP contribution in [0.5, 0.6) is 5.75 Å². The maximum absolute atomic E-state index is 14.4. The van der Waals surface area contributed by atoms with Crippen LogP contribution in [-0.2, 0) is 0 Å². The van der Waals surface area contributed by atoms with Crippen LogP contribution in [0.25, 0.3) is 11.1 Å². The Bertz CT molecular complexity index is 989. The minimum atomic E-state index is -1.52. The quantitative estimate of drug-likeness (QED) is 0.292. The smallest absolute Gasteiger partial charge is 0.200 e. The summed E-state index contributed by atoms with van der Waals surface area (Å²) < 4.78 is 56.2. The Morgan fingerprint density at radius 2 is 1.32 bits per heavy atom. The number of hydrogen-bond acceptors (Lipinski definition) is 1. The van der Waals surface area contributed by atoms with Crippen molar-refractivity contribution in [2.45, 2.75) is 54.9 Å². The Morgan fingerprint density at radius 3 is 1.84 bits per heavy atom. The molecule has 31 heavy (non-hydrogen) atoms. The Kier molecular flexibility index (Phi) is 12.7. The average Bonchev–Trinajstić information content (AvgIpc) is 2.78. The van der Waals surface area contributed by atoms with Gasteiger partial charge in [0.1, 0.15) is 0 Å². The van der Waals surface area contributed by atoms with E-state index in [1.165, 1.54) is 6.07 Å². The predicted molar refractivity (Wildman–Crippen MR) is 121 cm³/mol. The lowest BCUT2D eigenvalue weighted by atomic mass is 10.0. The third kappa shape index (κ3) is 7.64. The first-order valence-electron chi connectivity index (χ1n) is 10.3. The van der Waals surface area contributed by atoms with Crippen molar-refractivity contribution in [3.8, 4) is 28.7 Å². The fraction of sp³-hybridized carbons (Fsp3) is 0.308. The van der Waals surface area contributed by atoms with E-state index in [4.69, 9.17) is 5.11 Å². The molecule has 1 N–H and O–H groups in total. The summed E-state index contributed by atoms with van der Waals surface area (Å²) in [5.74, 6) is -1.10. The Labute approximate surface area is 183 Å². The molecule has 0 aliphatic heterocycles. The van der Waals surface area contributed by atoms with Crippen LogP contribution in [0.1, 0.15) is 60.5 Å². The largest absolute Gasteiger partial charge is 0.505 e. The fourth-order valence-electron chi connectivity index (χ4n) is 2.26. The molecule has 1 nitrogen and oxygen atoms in total. The normalized spacial score (nSPS) is 9.97. The lowest BCUT2D eigenvalue weighted by Gasteiger charge is -2.08. The van der Waals surface area contributed by atoms with Crippen molar-refractivity contribution in [2.24, 2.45) is 0 Å². The topological polar surface area (TPSA) is 20.2 Å². The SMILES string of the molecule is CC.CC.CC/C(C#Cc1ccc(-c2ccc(O)c(F)c2F)c(F)c1F)=C\C=C(C)C. The number of phenols is 1. The molecule has 0 saturated heterocycles. The van der Waals surface area contributed by atoms with Crippen molar-refractivity contribution in [3.63, 3.8) is 0 Å². The monoisotopic (exact) mass is 434 g/mol. The van der Waals surface area contributed by atoms with E-state index < -0.39 is 40.1 Å². The minimum Gasteiger partial charge on any atom is -0.505 e. The number of halogens is 4. The highest BCUT2D eigenvalue weighted by Crippen LogP contribution is 2.32. The Balaban J connectivity index is 0.00000212. The first-order valence-corrected chi connectivity index (χ1v) is 10.3. The van der Waals surface area contributed by atoms with Gasteiger partial charge in [-0.25, -0.2) is 13.2 Å². The van der Waals surface area contributed by atoms with E-state index in [2.05, 4.69) is 11.8 Å². The molecule has 0 spiro atoms. The molecule has 0 saturated carbocycles. The van der Waals surface area contributed by atoms with Gasteiger partial charge in [0.25, 0.3) is 0 Å². The van der Waals surface area contributed by atoms with Crippen molar-refractivity contribution < 1.29 is 22.7 Å². The molecule has 0 heterocycles. The summed E-state index contributed by atoms with van der Waals surface area (Å²) in [5.41, 5.74) is 0.691. The number of benzene rings is 2. The summed E-state index contributed by atoms with van der Waals surface area (Å²) in [6.45, 7) is 13.7. The molecule has 2 aromatic rings. The number of phenolic OH excluding ortho intramolecular Hbond substituents is 1. The molecule has 0 amide bonds. The summed E-state index contributed by atoms with van der Waals surface area (Å²) in [6.07, 6.45) is 4.30. The van der Waals surface area contributed by atoms with E-state index >= 15 is 0 Å². The Morgan fingerprint density at radius 1 is 0.806 bits per heavy atom. The first-order chi connectivity index (χ1) is 14.8. The van der Waals surface area contributed by atoms with Gasteiger partial charge in [-0.1, -0.05) is 64.2 Å². The summed E-state index contributed by atoms with van der Waals surface area (Å²) >= 11 is 0. The maximum Gasteiger partial charge on any atom is 0.200 e. The van der Waals surface area contributed by atoms with Gasteiger partial charge in [-0.15, -0.1) is 0 Å². The van der Waals surface area contributed by atoms with Gasteiger partial charge in [-0.3, -0.25) is 0 Å². The molecule has 168 valence electrons. The number of allylic oxidation sites excluding steroid dienone is 4. The molecule has 2 rings (SSSR count). The Hall–Kier alpha value is -3.00. The third-order valence-corrected chi connectivity index (χ3v) is 3.79. The summed E-state index contributed by atoms with van der Waals surface area (Å²) in [6, 6.07) is 4.19. The van der Waals surface area contributed by atoms with Gasteiger partial charge < -0.3 is 5.11 Å². The molecule has 0 aliphatic rings. The van der Waals surface area contributed by atoms with E-state index in [9.17, 15) is 17.6 Å². The van der Waals surface area contributed by atoms with Crippen LogP contribution in [0.4, 0.5) is 17.6 Å². The van der Waals surface area contributed by atoms with E-state index in [0.717, 1.165) is 29.3 Å². The fourth-order valence-corrected chi connectivity index (χ4v) is 2.26. The van der Waals surface area contributed by atoms with Crippen molar-refractivity contribution in [1.29, 1.82) is 0 Å². The second-order valence-electron chi connectivity index (χ2n) is 6.09. The zero-order chi connectivity index (χ0) is 24.1. The predicted octanol–water partition coefficient (Wildman–Crippen LogP) is 8.32. The van der Waals surface area contributed by atoms with Crippen molar-refractivity contribution in [1.82, 2.24) is 0 Å². The van der Waals surface area contributed by atoms with Crippen LogP contribution in [-0.4, -0.2) is 5.11 Å². The van der Waals surface area contributed by atoms with E-state index in [1.54, 1.807) is 6.08 Å². The average molecular weight is 435 g/mol. The van der Waals surface area contributed by atoms with Crippen molar-refractivity contribution in [2.75, 3.05) is 0 Å². The second-order valence-corrected chi connectivity index (χ2v) is 6.09. The summed E-state index contributed by atoms with van der Waals surface area (Å²) in [7, 11) is 0. The molecule has 0 aromatic heterocycles. The highest BCUT2D eigenvalue weighted by molar-refractivity contribution is 5.67. The molecule has 0 atom stereocenters. The van der Waals surface area contributed by atoms with Gasteiger partial charge in [0.05, 0.1) is 5.56 Å². The van der Waals surface area contributed by atoms with Gasteiger partial charge in [-0.2, -0.15) is 4.39 Å². The number of rotatable bonds is 3. The molecule has 0 unspecified atom stereocenters. The minimum absolute atomic E-state index is 0.188. The molecule has 0 fully saturated rings. The summed E-state index contributed by atoms with van der Waals surface area (Å²) in [4.78, 5) is 0. The van der Waals surface area contributed by atoms with Crippen LogP contribution in [0.3, 0.4) is 0 Å². The van der Waals surface area contributed by atoms with Gasteiger partial charge in [0, 0.05) is 16.7 Å². The van der Waals surface area contributed by atoms with E-state index in [1.807, 2.05) is 54.5 Å². The molecule has 5 heteroatoms. The molecule has 0 aliphatic carbocycles. The lowest BCUT2D eigenvalue weighted by Crippen LogP contribution is -1.97. The van der Waals surface area contributed by atoms with E-state index in [0.29, 0.717) is 6.42 Å². The molecule has 0 radical (unpaired) electrons. The number of hydrogen-bond donors (Lipinski definition) is 1. The third-order valence-electron chi connectivity index (χ3n) is 3.79. The number of aromatic hydroxyl groups is 1. The van der Waals surface area contributed by atoms with Gasteiger partial charge in [0.15, 0.2) is 23.2 Å². The van der Waals surface area contributed by atoms with Crippen LogP contribution < -0.4 is 0 Å².